The van der Waals surface area contributed by atoms with Crippen molar-refractivity contribution in [2.75, 3.05) is 12.1 Å². The maximum Gasteiger partial charge on any atom is 0.255 e. The number of hydrogen-bond donors (Lipinski definition) is 1. The van der Waals surface area contributed by atoms with Crippen molar-refractivity contribution < 1.29 is 14.3 Å². The predicted octanol–water partition coefficient (Wildman–Crippen LogP) is 5.58. The van der Waals surface area contributed by atoms with Crippen LogP contribution in [-0.2, 0) is 7.05 Å². The molecule has 0 unspecified atom stereocenters. The molecule has 194 valence electrons. The van der Waals surface area contributed by atoms with Gasteiger partial charge in [0.25, 0.3) is 5.91 Å². The fourth-order valence-electron chi connectivity index (χ4n) is 4.90. The fraction of sp³-hybridized carbons (Fsp3) is 0.0938. The maximum atomic E-state index is 13.2. The molecule has 0 spiro atoms. The molecule has 3 aromatic heterocycles. The summed E-state index contributed by atoms with van der Waals surface area (Å²) < 4.78 is 14.8. The fourth-order valence-corrected chi connectivity index (χ4v) is 4.90. The highest BCUT2D eigenvalue weighted by Crippen LogP contribution is 2.39. The maximum absolute atomic E-state index is 13.2. The van der Waals surface area contributed by atoms with Gasteiger partial charge in [0, 0.05) is 47.2 Å². The molecule has 0 atom stereocenters. The smallest absolute Gasteiger partial charge is 0.255 e. The zero-order valence-electron chi connectivity index (χ0n) is 21.8. The van der Waals surface area contributed by atoms with Crippen LogP contribution in [0.2, 0.25) is 0 Å². The molecule has 0 saturated heterocycles. The van der Waals surface area contributed by atoms with Gasteiger partial charge in [0.2, 0.25) is 6.79 Å². The van der Waals surface area contributed by atoms with Gasteiger partial charge in [-0.15, -0.1) is 0 Å². The van der Waals surface area contributed by atoms with E-state index in [1.54, 1.807) is 16.9 Å². The van der Waals surface area contributed by atoms with Crippen LogP contribution in [0, 0.1) is 18.8 Å². The molecule has 1 aliphatic rings. The molecule has 4 heterocycles. The molecule has 0 bridgehead atoms. The SMILES string of the molecule is Cc1ccc(C(=O)Nc2ccc3c(-c4ccc5c(c4)OCO5)cn(C)c3c2)cc1C#Cc1cnc2cccnn12. The van der Waals surface area contributed by atoms with Gasteiger partial charge in [-0.25, -0.2) is 9.50 Å². The monoisotopic (exact) mass is 525 g/mol. The van der Waals surface area contributed by atoms with E-state index < -0.39 is 0 Å². The van der Waals surface area contributed by atoms with E-state index in [1.807, 2.05) is 80.7 Å². The highest BCUT2D eigenvalue weighted by molar-refractivity contribution is 6.06. The summed E-state index contributed by atoms with van der Waals surface area (Å²) in [6, 6.07) is 21.1. The van der Waals surface area contributed by atoms with Crippen molar-refractivity contribution in [1.82, 2.24) is 19.2 Å². The number of ether oxygens (including phenoxy) is 2. The number of aromatic nitrogens is 4. The van der Waals surface area contributed by atoms with Crippen LogP contribution in [0.15, 0.2) is 85.3 Å². The van der Waals surface area contributed by atoms with Crippen molar-refractivity contribution >= 4 is 28.1 Å². The lowest BCUT2D eigenvalue weighted by atomic mass is 10.0. The number of aryl methyl sites for hydroxylation is 2. The Morgan fingerprint density at radius 2 is 1.90 bits per heavy atom. The normalized spacial score (nSPS) is 11.9. The van der Waals surface area contributed by atoms with E-state index in [9.17, 15) is 4.79 Å². The van der Waals surface area contributed by atoms with Crippen LogP contribution >= 0.6 is 0 Å². The average molecular weight is 526 g/mol. The van der Waals surface area contributed by atoms with Gasteiger partial charge in [-0.2, -0.15) is 5.10 Å². The minimum absolute atomic E-state index is 0.205. The zero-order chi connectivity index (χ0) is 27.2. The number of anilines is 1. The van der Waals surface area contributed by atoms with Crippen LogP contribution < -0.4 is 14.8 Å². The Balaban J connectivity index is 1.15. The van der Waals surface area contributed by atoms with Gasteiger partial charge in [0.15, 0.2) is 17.1 Å². The number of rotatable bonds is 3. The lowest BCUT2D eigenvalue weighted by molar-refractivity contribution is 0.102. The number of carbonyl (C=O) groups is 1. The van der Waals surface area contributed by atoms with Gasteiger partial charge in [-0.05, 0) is 72.5 Å². The molecule has 0 fully saturated rings. The van der Waals surface area contributed by atoms with Crippen LogP contribution in [0.25, 0.3) is 27.7 Å². The topological polar surface area (TPSA) is 82.7 Å². The van der Waals surface area contributed by atoms with E-state index in [2.05, 4.69) is 38.0 Å². The molecule has 1 amide bonds. The Bertz CT molecular complexity index is 2030. The number of amides is 1. The molecule has 6 aromatic rings. The molecule has 8 nitrogen and oxygen atoms in total. The van der Waals surface area contributed by atoms with Crippen molar-refractivity contribution in [3.05, 3.63) is 108 Å². The second kappa shape index (κ2) is 9.33. The van der Waals surface area contributed by atoms with E-state index in [4.69, 9.17) is 9.47 Å². The first-order chi connectivity index (χ1) is 19.5. The third-order valence-corrected chi connectivity index (χ3v) is 7.03. The van der Waals surface area contributed by atoms with Crippen LogP contribution in [0.1, 0.15) is 27.2 Å². The number of carbonyl (C=O) groups excluding carboxylic acids is 1. The third kappa shape index (κ3) is 4.10. The second-order valence-electron chi connectivity index (χ2n) is 9.62. The molecule has 1 N–H and O–H groups in total. The van der Waals surface area contributed by atoms with Crippen molar-refractivity contribution in [3.63, 3.8) is 0 Å². The standard InChI is InChI=1S/C32H23N5O3/c1-20-5-6-23(14-21(20)7-10-25-17-33-31-4-3-13-34-37(25)31)32(38)35-24-9-11-26-27(18-36(2)28(26)16-24)22-8-12-29-30(15-22)40-19-39-29/h3-6,8-9,11-18H,19H2,1-2H3,(H,35,38). The number of fused-ring (bicyclic) bond motifs is 3. The lowest BCUT2D eigenvalue weighted by Crippen LogP contribution is -2.12. The Labute approximate surface area is 229 Å². The summed E-state index contributed by atoms with van der Waals surface area (Å²) in [5.41, 5.74) is 7.52. The van der Waals surface area contributed by atoms with Gasteiger partial charge in [0.1, 0.15) is 5.69 Å². The molecule has 0 aliphatic carbocycles. The number of hydrogen-bond acceptors (Lipinski definition) is 5. The highest BCUT2D eigenvalue weighted by atomic mass is 16.7. The summed E-state index contributed by atoms with van der Waals surface area (Å²) >= 11 is 0. The summed E-state index contributed by atoms with van der Waals surface area (Å²) in [6.45, 7) is 2.21. The minimum Gasteiger partial charge on any atom is -0.454 e. The van der Waals surface area contributed by atoms with E-state index >= 15 is 0 Å². The Morgan fingerprint density at radius 1 is 1.00 bits per heavy atom. The quantitative estimate of drug-likeness (QED) is 0.305. The van der Waals surface area contributed by atoms with Gasteiger partial charge >= 0.3 is 0 Å². The van der Waals surface area contributed by atoms with Gasteiger partial charge in [-0.3, -0.25) is 4.79 Å². The second-order valence-corrected chi connectivity index (χ2v) is 9.62. The Kier molecular flexibility index (Phi) is 5.49. The summed E-state index contributed by atoms with van der Waals surface area (Å²) in [5, 5.41) is 8.42. The number of benzene rings is 3. The van der Waals surface area contributed by atoms with E-state index in [1.165, 1.54) is 0 Å². The molecule has 0 radical (unpaired) electrons. The van der Waals surface area contributed by atoms with Crippen molar-refractivity contribution in [1.29, 1.82) is 0 Å². The summed E-state index contributed by atoms with van der Waals surface area (Å²) in [6.07, 6.45) is 5.47. The molecule has 7 rings (SSSR count). The first-order valence-electron chi connectivity index (χ1n) is 12.8. The number of nitrogens with zero attached hydrogens (tertiary/aromatic N) is 4. The first-order valence-corrected chi connectivity index (χ1v) is 12.8. The molecular formula is C32H23N5O3. The summed E-state index contributed by atoms with van der Waals surface area (Å²) in [5.74, 6) is 7.61. The van der Waals surface area contributed by atoms with Crippen LogP contribution in [0.4, 0.5) is 5.69 Å². The Hall–Kier alpha value is -5.55. The van der Waals surface area contributed by atoms with Crippen LogP contribution in [-0.4, -0.2) is 31.9 Å². The van der Waals surface area contributed by atoms with Gasteiger partial charge < -0.3 is 19.4 Å². The number of imidazole rings is 1. The van der Waals surface area contributed by atoms with Crippen molar-refractivity contribution in [2.45, 2.75) is 6.92 Å². The molecular weight excluding hydrogens is 502 g/mol. The van der Waals surface area contributed by atoms with Crippen molar-refractivity contribution in [3.8, 4) is 34.5 Å². The predicted molar refractivity (Wildman–Crippen MR) is 153 cm³/mol. The molecule has 40 heavy (non-hydrogen) atoms. The number of nitrogens with one attached hydrogen (secondary N) is 1. The van der Waals surface area contributed by atoms with Crippen LogP contribution in [0.5, 0.6) is 11.5 Å². The molecule has 3 aromatic carbocycles. The molecule has 0 saturated carbocycles. The van der Waals surface area contributed by atoms with E-state index in [-0.39, 0.29) is 12.7 Å². The average Bonchev–Trinajstić information content (AvgIpc) is 3.69. The summed E-state index contributed by atoms with van der Waals surface area (Å²) in [4.78, 5) is 17.6. The van der Waals surface area contributed by atoms with E-state index in [0.717, 1.165) is 50.3 Å². The van der Waals surface area contributed by atoms with Crippen LogP contribution in [0.3, 0.4) is 0 Å². The summed E-state index contributed by atoms with van der Waals surface area (Å²) in [7, 11) is 1.99. The van der Waals surface area contributed by atoms with Gasteiger partial charge in [-0.1, -0.05) is 24.1 Å². The molecule has 1 aliphatic heterocycles. The zero-order valence-corrected chi connectivity index (χ0v) is 21.8. The lowest BCUT2D eigenvalue weighted by Gasteiger charge is -2.08. The first kappa shape index (κ1) is 23.6. The minimum atomic E-state index is -0.205. The van der Waals surface area contributed by atoms with Crippen molar-refractivity contribution in [2.24, 2.45) is 7.05 Å². The largest absolute Gasteiger partial charge is 0.454 e. The van der Waals surface area contributed by atoms with E-state index in [0.29, 0.717) is 16.9 Å². The Morgan fingerprint density at radius 3 is 2.83 bits per heavy atom. The van der Waals surface area contributed by atoms with Gasteiger partial charge in [0.05, 0.1) is 11.7 Å². The molecule has 8 heteroatoms. The highest BCUT2D eigenvalue weighted by Gasteiger charge is 2.17. The third-order valence-electron chi connectivity index (χ3n) is 7.03.